The number of rotatable bonds is 6. The molecule has 1 saturated heterocycles. The summed E-state index contributed by atoms with van der Waals surface area (Å²) in [7, 11) is 3.12. The molecular formula is C24H32O5. The SMILES string of the molecule is COc1cc(C[C@@H]2CO[C@@H](c3ccc(O)c(OC)c3)[C@@H]2CC(C)(C)C)ccc1O. The van der Waals surface area contributed by atoms with Crippen LogP contribution in [0.5, 0.6) is 23.0 Å². The Hall–Kier alpha value is -2.40. The zero-order valence-electron chi connectivity index (χ0n) is 17.9. The molecule has 158 valence electrons. The molecule has 5 nitrogen and oxygen atoms in total. The first-order chi connectivity index (χ1) is 13.7. The summed E-state index contributed by atoms with van der Waals surface area (Å²) in [5.74, 6) is 1.91. The van der Waals surface area contributed by atoms with Crippen LogP contribution in [0.2, 0.25) is 0 Å². The average molecular weight is 401 g/mol. The molecule has 0 spiro atoms. The maximum atomic E-state index is 9.95. The fourth-order valence-corrected chi connectivity index (χ4v) is 4.28. The third-order valence-corrected chi connectivity index (χ3v) is 5.61. The van der Waals surface area contributed by atoms with Crippen molar-refractivity contribution in [3.63, 3.8) is 0 Å². The van der Waals surface area contributed by atoms with Gasteiger partial charge in [0.15, 0.2) is 23.0 Å². The van der Waals surface area contributed by atoms with Crippen molar-refractivity contribution >= 4 is 0 Å². The number of hydrogen-bond donors (Lipinski definition) is 2. The largest absolute Gasteiger partial charge is 0.504 e. The summed E-state index contributed by atoms with van der Waals surface area (Å²) < 4.78 is 16.8. The molecule has 2 aromatic rings. The molecule has 3 rings (SSSR count). The van der Waals surface area contributed by atoms with Crippen LogP contribution in [0.1, 0.15) is 44.4 Å². The zero-order chi connectivity index (χ0) is 21.2. The number of phenolic OH excluding ortho intramolecular Hbond substituents is 2. The van der Waals surface area contributed by atoms with Gasteiger partial charge in [0.05, 0.1) is 26.9 Å². The lowest BCUT2D eigenvalue weighted by Gasteiger charge is -2.30. The Morgan fingerprint density at radius 1 is 0.966 bits per heavy atom. The van der Waals surface area contributed by atoms with Crippen LogP contribution in [0.15, 0.2) is 36.4 Å². The van der Waals surface area contributed by atoms with Gasteiger partial charge >= 0.3 is 0 Å². The van der Waals surface area contributed by atoms with Gasteiger partial charge in [-0.3, -0.25) is 0 Å². The molecule has 1 fully saturated rings. The Bertz CT molecular complexity index is 840. The maximum Gasteiger partial charge on any atom is 0.160 e. The van der Waals surface area contributed by atoms with Crippen molar-refractivity contribution in [2.24, 2.45) is 17.3 Å². The van der Waals surface area contributed by atoms with Crippen molar-refractivity contribution in [3.05, 3.63) is 47.5 Å². The number of hydrogen-bond acceptors (Lipinski definition) is 5. The molecular weight excluding hydrogens is 368 g/mol. The van der Waals surface area contributed by atoms with E-state index in [1.54, 1.807) is 26.4 Å². The first kappa shape index (κ1) is 21.3. The van der Waals surface area contributed by atoms with Crippen molar-refractivity contribution in [3.8, 4) is 23.0 Å². The number of ether oxygens (including phenoxy) is 3. The van der Waals surface area contributed by atoms with E-state index in [-0.39, 0.29) is 23.0 Å². The van der Waals surface area contributed by atoms with Crippen molar-refractivity contribution < 1.29 is 24.4 Å². The molecule has 0 radical (unpaired) electrons. The highest BCUT2D eigenvalue weighted by Gasteiger charge is 2.40. The summed E-state index contributed by atoms with van der Waals surface area (Å²) in [5, 5.41) is 19.8. The fraction of sp³-hybridized carbons (Fsp3) is 0.500. The molecule has 1 aliphatic rings. The van der Waals surface area contributed by atoms with E-state index >= 15 is 0 Å². The van der Waals surface area contributed by atoms with Gasteiger partial charge in [0.2, 0.25) is 0 Å². The van der Waals surface area contributed by atoms with Crippen LogP contribution in [-0.2, 0) is 11.2 Å². The van der Waals surface area contributed by atoms with Crippen LogP contribution in [0.3, 0.4) is 0 Å². The summed E-state index contributed by atoms with van der Waals surface area (Å²) in [5.41, 5.74) is 2.30. The fourth-order valence-electron chi connectivity index (χ4n) is 4.28. The van der Waals surface area contributed by atoms with Gasteiger partial charge in [0.1, 0.15) is 0 Å². The van der Waals surface area contributed by atoms with Gasteiger partial charge in [0.25, 0.3) is 0 Å². The molecule has 2 aromatic carbocycles. The Morgan fingerprint density at radius 3 is 2.21 bits per heavy atom. The smallest absolute Gasteiger partial charge is 0.160 e. The van der Waals surface area contributed by atoms with Gasteiger partial charge in [-0.2, -0.15) is 0 Å². The van der Waals surface area contributed by atoms with Gasteiger partial charge in [-0.1, -0.05) is 32.9 Å². The minimum atomic E-state index is -0.0484. The van der Waals surface area contributed by atoms with E-state index in [2.05, 4.69) is 20.8 Å². The summed E-state index contributed by atoms with van der Waals surface area (Å²) in [6.07, 6.45) is 1.82. The molecule has 2 N–H and O–H groups in total. The first-order valence-corrected chi connectivity index (χ1v) is 10.1. The second-order valence-electron chi connectivity index (χ2n) is 9.08. The summed E-state index contributed by atoms with van der Waals surface area (Å²) in [6, 6.07) is 11.0. The highest BCUT2D eigenvalue weighted by Crippen LogP contribution is 2.47. The molecule has 3 atom stereocenters. The molecule has 0 aliphatic carbocycles. The maximum absolute atomic E-state index is 9.95. The molecule has 0 saturated carbocycles. The summed E-state index contributed by atoms with van der Waals surface area (Å²) >= 11 is 0. The Morgan fingerprint density at radius 2 is 1.59 bits per heavy atom. The second kappa shape index (κ2) is 8.54. The van der Waals surface area contributed by atoms with Gasteiger partial charge < -0.3 is 24.4 Å². The third kappa shape index (κ3) is 4.96. The first-order valence-electron chi connectivity index (χ1n) is 10.1. The summed E-state index contributed by atoms with van der Waals surface area (Å²) in [6.45, 7) is 7.42. The van der Waals surface area contributed by atoms with Crippen LogP contribution in [0.25, 0.3) is 0 Å². The monoisotopic (exact) mass is 400 g/mol. The normalized spacial score (nSPS) is 21.9. The molecule has 0 unspecified atom stereocenters. The van der Waals surface area contributed by atoms with E-state index in [1.165, 1.54) is 0 Å². The number of phenols is 2. The molecule has 1 aliphatic heterocycles. The van der Waals surface area contributed by atoms with Gasteiger partial charge in [-0.05, 0) is 65.5 Å². The van der Waals surface area contributed by atoms with Crippen LogP contribution in [0.4, 0.5) is 0 Å². The van der Waals surface area contributed by atoms with Crippen molar-refractivity contribution in [2.45, 2.75) is 39.7 Å². The highest BCUT2D eigenvalue weighted by atomic mass is 16.5. The van der Waals surface area contributed by atoms with Gasteiger partial charge in [-0.15, -0.1) is 0 Å². The minimum Gasteiger partial charge on any atom is -0.504 e. The number of benzene rings is 2. The molecule has 0 aromatic heterocycles. The minimum absolute atomic E-state index is 0.0484. The van der Waals surface area contributed by atoms with Crippen molar-refractivity contribution in [1.82, 2.24) is 0 Å². The number of methoxy groups -OCH3 is 2. The van der Waals surface area contributed by atoms with E-state index in [0.717, 1.165) is 24.0 Å². The molecule has 1 heterocycles. The number of aromatic hydroxyl groups is 2. The Kier molecular flexibility index (Phi) is 6.27. The Labute approximate surface area is 173 Å². The quantitative estimate of drug-likeness (QED) is 0.706. The van der Waals surface area contributed by atoms with Crippen molar-refractivity contribution in [2.75, 3.05) is 20.8 Å². The molecule has 5 heteroatoms. The standard InChI is InChI=1S/C24H32O5/c1-24(2,3)13-18-17(10-15-6-8-19(25)21(11-15)27-4)14-29-23(18)16-7-9-20(26)22(12-16)28-5/h6-9,11-12,17-18,23,25-26H,10,13-14H2,1-5H3/t17-,18-,23+/m1/s1. The molecule has 0 bridgehead atoms. The van der Waals surface area contributed by atoms with E-state index in [1.807, 2.05) is 24.3 Å². The predicted octanol–water partition coefficient (Wildman–Crippen LogP) is 5.10. The topological polar surface area (TPSA) is 68.2 Å². The highest BCUT2D eigenvalue weighted by molar-refractivity contribution is 5.43. The zero-order valence-corrected chi connectivity index (χ0v) is 17.9. The average Bonchev–Trinajstić information content (AvgIpc) is 3.04. The lowest BCUT2D eigenvalue weighted by molar-refractivity contribution is 0.0791. The van der Waals surface area contributed by atoms with Crippen LogP contribution in [0, 0.1) is 17.3 Å². The van der Waals surface area contributed by atoms with E-state index < -0.39 is 0 Å². The molecule has 29 heavy (non-hydrogen) atoms. The predicted molar refractivity (Wildman–Crippen MR) is 113 cm³/mol. The van der Waals surface area contributed by atoms with E-state index in [0.29, 0.717) is 29.9 Å². The summed E-state index contributed by atoms with van der Waals surface area (Å²) in [4.78, 5) is 0. The molecule has 0 amide bonds. The van der Waals surface area contributed by atoms with E-state index in [9.17, 15) is 10.2 Å². The lowest BCUT2D eigenvalue weighted by Crippen LogP contribution is -2.23. The third-order valence-electron chi connectivity index (χ3n) is 5.61. The van der Waals surface area contributed by atoms with Gasteiger partial charge in [0, 0.05) is 0 Å². The van der Waals surface area contributed by atoms with E-state index in [4.69, 9.17) is 14.2 Å². The van der Waals surface area contributed by atoms with Crippen LogP contribution >= 0.6 is 0 Å². The Balaban J connectivity index is 1.88. The lowest BCUT2D eigenvalue weighted by atomic mass is 9.74. The second-order valence-corrected chi connectivity index (χ2v) is 9.08. The van der Waals surface area contributed by atoms with Crippen molar-refractivity contribution in [1.29, 1.82) is 0 Å². The van der Waals surface area contributed by atoms with Gasteiger partial charge in [-0.25, -0.2) is 0 Å². The van der Waals surface area contributed by atoms with Crippen LogP contribution in [-0.4, -0.2) is 31.0 Å². The van der Waals surface area contributed by atoms with Crippen LogP contribution < -0.4 is 9.47 Å².